The summed E-state index contributed by atoms with van der Waals surface area (Å²) in [4.78, 5) is 11.7. The number of carboxylic acids is 1. The molecule has 1 saturated heterocycles. The molecule has 2 unspecified atom stereocenters. The number of benzene rings is 1. The van der Waals surface area contributed by atoms with Gasteiger partial charge >= 0.3 is 5.97 Å². The summed E-state index contributed by atoms with van der Waals surface area (Å²) in [6.45, 7) is 2.15. The van der Waals surface area contributed by atoms with Crippen LogP contribution < -0.4 is 5.73 Å². The fourth-order valence-corrected chi connectivity index (χ4v) is 2.58. The number of carboxylic acid groups (broad SMARTS) is 1. The number of carbonyl (C=O) groups is 1. The van der Waals surface area contributed by atoms with Gasteiger partial charge in [0.15, 0.2) is 0 Å². The molecule has 98 valence electrons. The second kappa shape index (κ2) is 4.57. The summed E-state index contributed by atoms with van der Waals surface area (Å²) >= 11 is 0. The number of nitrogen functional groups attached to an aromatic ring is 1. The summed E-state index contributed by atoms with van der Waals surface area (Å²) in [5.41, 5.74) is 5.33. The average Bonchev–Trinajstić information content (AvgIpc) is 2.32. The molecule has 0 radical (unpaired) electrons. The largest absolute Gasteiger partial charge is 0.481 e. The van der Waals surface area contributed by atoms with Crippen molar-refractivity contribution in [3.63, 3.8) is 0 Å². The van der Waals surface area contributed by atoms with E-state index in [1.54, 1.807) is 0 Å². The zero-order valence-electron chi connectivity index (χ0n) is 10.1. The lowest BCUT2D eigenvalue weighted by Crippen LogP contribution is -2.44. The number of aliphatic carboxylic acids is 1. The van der Waals surface area contributed by atoms with Crippen molar-refractivity contribution >= 4 is 11.7 Å². The Morgan fingerprint density at radius 1 is 1.61 bits per heavy atom. The Hall–Kier alpha value is -1.62. The van der Waals surface area contributed by atoms with Gasteiger partial charge < -0.3 is 15.6 Å². The van der Waals surface area contributed by atoms with E-state index >= 15 is 0 Å². The molecule has 0 saturated carbocycles. The van der Waals surface area contributed by atoms with Crippen LogP contribution in [-0.4, -0.2) is 23.8 Å². The summed E-state index contributed by atoms with van der Waals surface area (Å²) in [7, 11) is 0. The second-order valence-electron chi connectivity index (χ2n) is 4.75. The van der Waals surface area contributed by atoms with Crippen molar-refractivity contribution in [2.24, 2.45) is 0 Å². The molecular weight excluding hydrogens is 237 g/mol. The third kappa shape index (κ3) is 2.06. The molecule has 1 aliphatic rings. The smallest absolute Gasteiger partial charge is 0.314 e. The molecule has 2 rings (SSSR count). The van der Waals surface area contributed by atoms with Gasteiger partial charge in [0, 0.05) is 12.3 Å². The molecule has 0 aliphatic carbocycles. The lowest BCUT2D eigenvalue weighted by atomic mass is 9.72. The molecule has 2 atom stereocenters. The number of nitrogens with two attached hydrogens (primary N) is 1. The van der Waals surface area contributed by atoms with Crippen molar-refractivity contribution in [1.29, 1.82) is 0 Å². The Labute approximate surface area is 105 Å². The highest BCUT2D eigenvalue weighted by molar-refractivity contribution is 5.84. The van der Waals surface area contributed by atoms with Gasteiger partial charge in [-0.1, -0.05) is 0 Å². The Balaban J connectivity index is 2.53. The van der Waals surface area contributed by atoms with Crippen LogP contribution in [0, 0.1) is 5.82 Å². The van der Waals surface area contributed by atoms with E-state index in [0.717, 1.165) is 0 Å². The van der Waals surface area contributed by atoms with Gasteiger partial charge in [-0.2, -0.15) is 0 Å². The summed E-state index contributed by atoms with van der Waals surface area (Å²) in [5.74, 6) is -1.45. The van der Waals surface area contributed by atoms with E-state index in [9.17, 15) is 14.3 Å². The topological polar surface area (TPSA) is 72.5 Å². The van der Waals surface area contributed by atoms with Gasteiger partial charge in [-0.05, 0) is 43.5 Å². The number of anilines is 1. The first-order valence-electron chi connectivity index (χ1n) is 5.86. The Morgan fingerprint density at radius 2 is 2.33 bits per heavy atom. The molecule has 0 bridgehead atoms. The summed E-state index contributed by atoms with van der Waals surface area (Å²) in [5, 5.41) is 9.54. The maximum absolute atomic E-state index is 13.4. The van der Waals surface area contributed by atoms with Crippen LogP contribution in [-0.2, 0) is 14.9 Å². The lowest BCUT2D eigenvalue weighted by molar-refractivity contribution is -0.150. The summed E-state index contributed by atoms with van der Waals surface area (Å²) in [6.07, 6.45) is 0.425. The lowest BCUT2D eigenvalue weighted by Gasteiger charge is -2.37. The van der Waals surface area contributed by atoms with Gasteiger partial charge in [0.1, 0.15) is 5.82 Å². The molecule has 1 aliphatic heterocycles. The van der Waals surface area contributed by atoms with Crippen LogP contribution in [0.5, 0.6) is 0 Å². The number of hydrogen-bond donors (Lipinski definition) is 2. The monoisotopic (exact) mass is 253 g/mol. The van der Waals surface area contributed by atoms with Crippen LogP contribution in [0.4, 0.5) is 10.1 Å². The van der Waals surface area contributed by atoms with Crippen LogP contribution in [0.3, 0.4) is 0 Å². The average molecular weight is 253 g/mol. The van der Waals surface area contributed by atoms with Gasteiger partial charge in [0.25, 0.3) is 0 Å². The standard InChI is InChI=1S/C13H16FNO3/c1-8-7-13(12(16)17,4-5-18-8)10-6-9(14)2-3-11(10)15/h2-3,6,8H,4-5,7,15H2,1H3,(H,16,17). The first-order valence-corrected chi connectivity index (χ1v) is 5.86. The summed E-state index contributed by atoms with van der Waals surface area (Å²) in [6, 6.07) is 3.87. The zero-order valence-corrected chi connectivity index (χ0v) is 10.1. The van der Waals surface area contributed by atoms with Crippen molar-refractivity contribution in [2.75, 3.05) is 12.3 Å². The van der Waals surface area contributed by atoms with Crippen LogP contribution in [0.15, 0.2) is 18.2 Å². The van der Waals surface area contributed by atoms with Crippen LogP contribution >= 0.6 is 0 Å². The number of halogens is 1. The zero-order chi connectivity index (χ0) is 13.3. The molecule has 1 aromatic rings. The third-order valence-electron chi connectivity index (χ3n) is 3.51. The second-order valence-corrected chi connectivity index (χ2v) is 4.75. The highest BCUT2D eigenvalue weighted by Crippen LogP contribution is 2.40. The van der Waals surface area contributed by atoms with E-state index in [-0.39, 0.29) is 6.10 Å². The Kier molecular flexibility index (Phi) is 3.26. The molecule has 0 amide bonds. The normalized spacial score (nSPS) is 28.0. The van der Waals surface area contributed by atoms with Gasteiger partial charge in [-0.25, -0.2) is 4.39 Å². The van der Waals surface area contributed by atoms with Gasteiger partial charge in [-0.15, -0.1) is 0 Å². The molecule has 0 aromatic heterocycles. The van der Waals surface area contributed by atoms with E-state index in [1.165, 1.54) is 18.2 Å². The van der Waals surface area contributed by atoms with E-state index in [0.29, 0.717) is 30.7 Å². The van der Waals surface area contributed by atoms with Crippen molar-refractivity contribution in [1.82, 2.24) is 0 Å². The van der Waals surface area contributed by atoms with E-state index in [2.05, 4.69) is 0 Å². The number of ether oxygens (including phenoxy) is 1. The molecule has 5 heteroatoms. The minimum absolute atomic E-state index is 0.183. The Bertz CT molecular complexity index is 477. The highest BCUT2D eigenvalue weighted by atomic mass is 19.1. The molecule has 18 heavy (non-hydrogen) atoms. The van der Waals surface area contributed by atoms with Gasteiger partial charge in [0.2, 0.25) is 0 Å². The van der Waals surface area contributed by atoms with Crippen LogP contribution in [0.1, 0.15) is 25.3 Å². The van der Waals surface area contributed by atoms with Gasteiger partial charge in [0.05, 0.1) is 11.5 Å². The third-order valence-corrected chi connectivity index (χ3v) is 3.51. The van der Waals surface area contributed by atoms with E-state index in [1.807, 2.05) is 6.92 Å². The van der Waals surface area contributed by atoms with Crippen molar-refractivity contribution in [3.8, 4) is 0 Å². The molecule has 1 fully saturated rings. The minimum Gasteiger partial charge on any atom is -0.481 e. The SMILES string of the molecule is CC1CC(C(=O)O)(c2cc(F)ccc2N)CCO1. The molecule has 3 N–H and O–H groups in total. The maximum Gasteiger partial charge on any atom is 0.314 e. The number of hydrogen-bond acceptors (Lipinski definition) is 3. The van der Waals surface area contributed by atoms with Crippen molar-refractivity contribution in [3.05, 3.63) is 29.6 Å². The fraction of sp³-hybridized carbons (Fsp3) is 0.462. The van der Waals surface area contributed by atoms with Crippen LogP contribution in [0.2, 0.25) is 0 Å². The first-order chi connectivity index (χ1) is 8.45. The van der Waals surface area contributed by atoms with E-state index < -0.39 is 17.2 Å². The van der Waals surface area contributed by atoms with Gasteiger partial charge in [-0.3, -0.25) is 4.79 Å². The predicted molar refractivity (Wildman–Crippen MR) is 64.8 cm³/mol. The Morgan fingerprint density at radius 3 is 2.94 bits per heavy atom. The fourth-order valence-electron chi connectivity index (χ4n) is 2.58. The number of rotatable bonds is 2. The van der Waals surface area contributed by atoms with Crippen LogP contribution in [0.25, 0.3) is 0 Å². The quantitative estimate of drug-likeness (QED) is 0.790. The predicted octanol–water partition coefficient (Wildman–Crippen LogP) is 1.93. The highest BCUT2D eigenvalue weighted by Gasteiger charge is 2.45. The first kappa shape index (κ1) is 12.8. The molecular formula is C13H16FNO3. The van der Waals surface area contributed by atoms with Crippen molar-refractivity contribution in [2.45, 2.75) is 31.3 Å². The summed E-state index contributed by atoms with van der Waals surface area (Å²) < 4.78 is 18.7. The van der Waals surface area contributed by atoms with Crippen molar-refractivity contribution < 1.29 is 19.0 Å². The molecule has 1 aromatic carbocycles. The molecule has 0 spiro atoms. The molecule has 4 nitrogen and oxygen atoms in total. The maximum atomic E-state index is 13.4. The molecule has 1 heterocycles. The minimum atomic E-state index is -1.15. The van der Waals surface area contributed by atoms with E-state index in [4.69, 9.17) is 10.5 Å².